The predicted octanol–water partition coefficient (Wildman–Crippen LogP) is 3.07. The topological polar surface area (TPSA) is 49.3 Å². The summed E-state index contributed by atoms with van der Waals surface area (Å²) in [5.41, 5.74) is 0.882. The van der Waals surface area contributed by atoms with Gasteiger partial charge in [0.05, 0.1) is 16.4 Å². The largest absolute Gasteiger partial charge is 0.395 e. The first-order chi connectivity index (χ1) is 10.2. The summed E-state index contributed by atoms with van der Waals surface area (Å²) in [6.07, 6.45) is 0.436. The lowest BCUT2D eigenvalue weighted by Crippen LogP contribution is -2.21. The second kappa shape index (κ2) is 7.84. The summed E-state index contributed by atoms with van der Waals surface area (Å²) in [7, 11) is 0. The number of carbonyl (C=O) groups excluding carboxylic acids is 1. The monoisotopic (exact) mass is 319 g/mol. The second-order valence-corrected chi connectivity index (χ2v) is 5.70. The van der Waals surface area contributed by atoms with Crippen LogP contribution in [0.25, 0.3) is 0 Å². The lowest BCUT2D eigenvalue weighted by atomic mass is 10.2. The van der Waals surface area contributed by atoms with E-state index in [-0.39, 0.29) is 12.5 Å². The molecule has 108 valence electrons. The average Bonchev–Trinajstić information content (AvgIpc) is 2.95. The Hall–Kier alpha value is -1.80. The number of thiophene rings is 1. The molecule has 0 fully saturated rings. The van der Waals surface area contributed by atoms with Crippen molar-refractivity contribution < 1.29 is 9.90 Å². The molecule has 2 N–H and O–H groups in total. The van der Waals surface area contributed by atoms with Crippen LogP contribution in [-0.4, -0.2) is 17.6 Å². The third-order valence-electron chi connectivity index (χ3n) is 2.68. The molecule has 0 atom stereocenters. The smallest absolute Gasteiger partial charge is 0.261 e. The maximum atomic E-state index is 12.0. The van der Waals surface area contributed by atoms with E-state index in [1.165, 1.54) is 11.3 Å². The molecule has 0 spiro atoms. The van der Waals surface area contributed by atoms with Gasteiger partial charge in [-0.1, -0.05) is 41.6 Å². The Morgan fingerprint density at radius 3 is 2.86 bits per heavy atom. The van der Waals surface area contributed by atoms with Crippen molar-refractivity contribution >= 4 is 28.8 Å². The molecule has 5 heteroatoms. The lowest BCUT2D eigenvalue weighted by Gasteiger charge is -2.05. The first-order valence-electron chi connectivity index (χ1n) is 6.42. The SMILES string of the molecule is O=C(NCc1ccccc1Cl)c1ccc(C#CCCO)s1. The Bertz CT molecular complexity index is 685. The first kappa shape index (κ1) is 15.6. The molecule has 2 rings (SSSR count). The highest BCUT2D eigenvalue weighted by Crippen LogP contribution is 2.17. The van der Waals surface area contributed by atoms with Gasteiger partial charge in [0, 0.05) is 18.0 Å². The van der Waals surface area contributed by atoms with Crippen molar-refractivity contribution in [1.82, 2.24) is 5.32 Å². The van der Waals surface area contributed by atoms with E-state index in [2.05, 4.69) is 17.2 Å². The molecule has 2 aromatic rings. The van der Waals surface area contributed by atoms with Gasteiger partial charge in [-0.25, -0.2) is 0 Å². The Kier molecular flexibility index (Phi) is 5.82. The van der Waals surface area contributed by atoms with Crippen LogP contribution in [0.1, 0.15) is 26.5 Å². The van der Waals surface area contributed by atoms with Crippen LogP contribution < -0.4 is 5.32 Å². The summed E-state index contributed by atoms with van der Waals surface area (Å²) < 4.78 is 0. The highest BCUT2D eigenvalue weighted by Gasteiger charge is 2.09. The van der Waals surface area contributed by atoms with Gasteiger partial charge in [0.25, 0.3) is 5.91 Å². The molecule has 1 heterocycles. The van der Waals surface area contributed by atoms with Crippen LogP contribution >= 0.6 is 22.9 Å². The van der Waals surface area contributed by atoms with Crippen LogP contribution in [0.2, 0.25) is 5.02 Å². The van der Waals surface area contributed by atoms with E-state index in [4.69, 9.17) is 16.7 Å². The van der Waals surface area contributed by atoms with Crippen molar-refractivity contribution in [2.45, 2.75) is 13.0 Å². The molecule has 3 nitrogen and oxygen atoms in total. The number of rotatable bonds is 4. The highest BCUT2D eigenvalue weighted by atomic mass is 35.5. The zero-order valence-electron chi connectivity index (χ0n) is 11.2. The molecule has 0 aliphatic rings. The van der Waals surface area contributed by atoms with E-state index in [9.17, 15) is 4.79 Å². The number of benzene rings is 1. The van der Waals surface area contributed by atoms with Crippen LogP contribution in [0.4, 0.5) is 0 Å². The summed E-state index contributed by atoms with van der Waals surface area (Å²) in [6, 6.07) is 11.0. The van der Waals surface area contributed by atoms with Crippen molar-refractivity contribution in [2.24, 2.45) is 0 Å². The standard InChI is InChI=1S/C16H14ClNO2S/c17-14-7-2-1-5-12(14)11-18-16(20)15-9-8-13(21-15)6-3-4-10-19/h1-2,5,7-9,19H,4,10-11H2,(H,18,20). The molecule has 1 aromatic heterocycles. The number of amides is 1. The number of nitrogens with one attached hydrogen (secondary N) is 1. The number of aliphatic hydroxyl groups is 1. The average molecular weight is 320 g/mol. The molecule has 1 aromatic carbocycles. The summed E-state index contributed by atoms with van der Waals surface area (Å²) >= 11 is 7.37. The molecule has 0 aliphatic heterocycles. The molecule has 0 saturated heterocycles. The normalized spacial score (nSPS) is 9.81. The Morgan fingerprint density at radius 1 is 1.29 bits per heavy atom. The molecular formula is C16H14ClNO2S. The Labute approximate surface area is 132 Å². The summed E-state index contributed by atoms with van der Waals surface area (Å²) in [4.78, 5) is 13.5. The second-order valence-electron chi connectivity index (χ2n) is 4.21. The molecule has 1 amide bonds. The van der Waals surface area contributed by atoms with Gasteiger partial charge in [0.1, 0.15) is 0 Å². The van der Waals surface area contributed by atoms with Gasteiger partial charge in [-0.2, -0.15) is 0 Å². The van der Waals surface area contributed by atoms with Crippen molar-refractivity contribution in [3.8, 4) is 11.8 Å². The third kappa shape index (κ3) is 4.61. The highest BCUT2D eigenvalue weighted by molar-refractivity contribution is 7.14. The fourth-order valence-corrected chi connectivity index (χ4v) is 2.64. The molecule has 21 heavy (non-hydrogen) atoms. The maximum Gasteiger partial charge on any atom is 0.261 e. The Balaban J connectivity index is 1.95. The summed E-state index contributed by atoms with van der Waals surface area (Å²) in [6.45, 7) is 0.436. The van der Waals surface area contributed by atoms with Crippen molar-refractivity contribution in [2.75, 3.05) is 6.61 Å². The fourth-order valence-electron chi connectivity index (χ4n) is 1.64. The number of carbonyl (C=O) groups is 1. The van der Waals surface area contributed by atoms with Crippen molar-refractivity contribution in [3.63, 3.8) is 0 Å². The van der Waals surface area contributed by atoms with Gasteiger partial charge in [-0.15, -0.1) is 11.3 Å². The van der Waals surface area contributed by atoms with Crippen LogP contribution in [0.15, 0.2) is 36.4 Å². The van der Waals surface area contributed by atoms with Gasteiger partial charge < -0.3 is 10.4 Å². The van der Waals surface area contributed by atoms with Gasteiger partial charge in [0.2, 0.25) is 0 Å². The van der Waals surface area contributed by atoms with Crippen molar-refractivity contribution in [3.05, 3.63) is 56.7 Å². The van der Waals surface area contributed by atoms with E-state index < -0.39 is 0 Å². The molecule has 0 aliphatic carbocycles. The van der Waals surface area contributed by atoms with Crippen LogP contribution in [-0.2, 0) is 6.54 Å². The third-order valence-corrected chi connectivity index (χ3v) is 4.04. The fraction of sp³-hybridized carbons (Fsp3) is 0.188. The molecule has 0 bridgehead atoms. The van der Waals surface area contributed by atoms with E-state index in [0.717, 1.165) is 10.4 Å². The minimum atomic E-state index is -0.143. The zero-order chi connectivity index (χ0) is 15.1. The quantitative estimate of drug-likeness (QED) is 0.851. The van der Waals surface area contributed by atoms with Gasteiger partial charge >= 0.3 is 0 Å². The summed E-state index contributed by atoms with van der Waals surface area (Å²) in [5.74, 6) is 5.60. The minimum absolute atomic E-state index is 0.0452. The van der Waals surface area contributed by atoms with Crippen LogP contribution in [0.5, 0.6) is 0 Å². The molecule has 0 unspecified atom stereocenters. The van der Waals surface area contributed by atoms with Gasteiger partial charge in [-0.05, 0) is 23.8 Å². The number of hydrogen-bond acceptors (Lipinski definition) is 3. The maximum absolute atomic E-state index is 12.0. The number of aliphatic hydroxyl groups excluding tert-OH is 1. The zero-order valence-corrected chi connectivity index (χ0v) is 12.8. The van der Waals surface area contributed by atoms with Crippen molar-refractivity contribution in [1.29, 1.82) is 0 Å². The van der Waals surface area contributed by atoms with Gasteiger partial charge in [0.15, 0.2) is 0 Å². The number of hydrogen-bond donors (Lipinski definition) is 2. The lowest BCUT2D eigenvalue weighted by molar-refractivity contribution is 0.0955. The molecule has 0 radical (unpaired) electrons. The minimum Gasteiger partial charge on any atom is -0.395 e. The number of halogens is 1. The van der Waals surface area contributed by atoms with Crippen LogP contribution in [0, 0.1) is 11.8 Å². The molecule has 0 saturated carbocycles. The molecular weight excluding hydrogens is 306 g/mol. The first-order valence-corrected chi connectivity index (χ1v) is 7.61. The van der Waals surface area contributed by atoms with E-state index in [0.29, 0.717) is 22.9 Å². The van der Waals surface area contributed by atoms with Crippen LogP contribution in [0.3, 0.4) is 0 Å². The summed E-state index contributed by atoms with van der Waals surface area (Å²) in [5, 5.41) is 12.1. The predicted molar refractivity (Wildman–Crippen MR) is 85.5 cm³/mol. The van der Waals surface area contributed by atoms with E-state index in [1.807, 2.05) is 18.2 Å². The van der Waals surface area contributed by atoms with E-state index >= 15 is 0 Å². The van der Waals surface area contributed by atoms with Gasteiger partial charge in [-0.3, -0.25) is 4.79 Å². The van der Waals surface area contributed by atoms with E-state index in [1.54, 1.807) is 18.2 Å². The Morgan fingerprint density at radius 2 is 2.10 bits per heavy atom.